The first-order valence-corrected chi connectivity index (χ1v) is 8.64. The first-order valence-electron chi connectivity index (χ1n) is 7.76. The predicted octanol–water partition coefficient (Wildman–Crippen LogP) is 1.67. The summed E-state index contributed by atoms with van der Waals surface area (Å²) in [7, 11) is 0. The number of nitrogens with zero attached hydrogens (tertiary/aromatic N) is 1. The molecule has 1 fully saturated rings. The molecule has 0 saturated carbocycles. The number of carbonyl (C=O) groups is 3. The van der Waals surface area contributed by atoms with Gasteiger partial charge in [-0.1, -0.05) is 6.07 Å². The molecule has 126 valence electrons. The minimum absolute atomic E-state index is 0.0168. The molecule has 2 amide bonds. The van der Waals surface area contributed by atoms with Crippen LogP contribution < -0.4 is 5.32 Å². The summed E-state index contributed by atoms with van der Waals surface area (Å²) in [6, 6.07) is 3.68. The van der Waals surface area contributed by atoms with E-state index in [9.17, 15) is 14.4 Å². The van der Waals surface area contributed by atoms with E-state index in [1.807, 2.05) is 25.3 Å². The largest absolute Gasteiger partial charge is 0.455 e. The Morgan fingerprint density at radius 3 is 2.61 bits per heavy atom. The number of thiophene rings is 1. The van der Waals surface area contributed by atoms with E-state index in [1.165, 1.54) is 11.3 Å². The Morgan fingerprint density at radius 2 is 2.04 bits per heavy atom. The highest BCUT2D eigenvalue weighted by molar-refractivity contribution is 7.12. The van der Waals surface area contributed by atoms with Crippen molar-refractivity contribution in [3.05, 3.63) is 22.4 Å². The Kier molecular flexibility index (Phi) is 6.15. The number of amides is 2. The second-order valence-corrected chi connectivity index (χ2v) is 6.82. The monoisotopic (exact) mass is 338 g/mol. The van der Waals surface area contributed by atoms with Gasteiger partial charge in [-0.15, -0.1) is 11.3 Å². The zero-order valence-electron chi connectivity index (χ0n) is 13.4. The number of hydrogen-bond donors (Lipinski definition) is 1. The van der Waals surface area contributed by atoms with Crippen molar-refractivity contribution in [3.63, 3.8) is 0 Å². The number of rotatable bonds is 5. The van der Waals surface area contributed by atoms with Crippen LogP contribution in [0.5, 0.6) is 0 Å². The molecular formula is C16H22N2O4S. The van der Waals surface area contributed by atoms with Gasteiger partial charge in [0.25, 0.3) is 11.8 Å². The van der Waals surface area contributed by atoms with Crippen molar-refractivity contribution in [2.24, 2.45) is 5.92 Å². The molecule has 1 aliphatic rings. The summed E-state index contributed by atoms with van der Waals surface area (Å²) >= 11 is 1.42. The van der Waals surface area contributed by atoms with Crippen LogP contribution in [0.25, 0.3) is 0 Å². The van der Waals surface area contributed by atoms with Crippen molar-refractivity contribution in [3.8, 4) is 0 Å². The number of carbonyl (C=O) groups excluding carboxylic acids is 3. The molecule has 0 bridgehead atoms. The van der Waals surface area contributed by atoms with Crippen LogP contribution in [0, 0.1) is 5.92 Å². The fourth-order valence-corrected chi connectivity index (χ4v) is 3.18. The van der Waals surface area contributed by atoms with E-state index in [4.69, 9.17) is 4.74 Å². The van der Waals surface area contributed by atoms with Crippen LogP contribution in [0.3, 0.4) is 0 Å². The highest BCUT2D eigenvalue weighted by Crippen LogP contribution is 2.21. The summed E-state index contributed by atoms with van der Waals surface area (Å²) in [6.45, 7) is 4.52. The molecule has 0 aliphatic carbocycles. The zero-order chi connectivity index (χ0) is 16.8. The molecule has 0 spiro atoms. The molecule has 0 atom stereocenters. The topological polar surface area (TPSA) is 75.7 Å². The SMILES string of the molecule is CC(C)NC(=O)COC(=O)C1CCN(C(=O)c2cccs2)CC1. The van der Waals surface area contributed by atoms with E-state index in [0.29, 0.717) is 25.9 Å². The molecule has 6 nitrogen and oxygen atoms in total. The van der Waals surface area contributed by atoms with E-state index >= 15 is 0 Å². The maximum atomic E-state index is 12.2. The molecule has 1 aromatic rings. The summed E-state index contributed by atoms with van der Waals surface area (Å²) in [5.41, 5.74) is 0. The van der Waals surface area contributed by atoms with E-state index in [2.05, 4.69) is 5.32 Å². The lowest BCUT2D eigenvalue weighted by Crippen LogP contribution is -2.41. The summed E-state index contributed by atoms with van der Waals surface area (Å²) in [5.74, 6) is -0.872. The molecule has 1 aliphatic heterocycles. The van der Waals surface area contributed by atoms with Gasteiger partial charge in [0.05, 0.1) is 10.8 Å². The molecular weight excluding hydrogens is 316 g/mol. The van der Waals surface area contributed by atoms with Crippen LogP contribution in [0.15, 0.2) is 17.5 Å². The standard InChI is InChI=1S/C16H22N2O4S/c1-11(2)17-14(19)10-22-16(21)12-5-7-18(8-6-12)15(20)13-4-3-9-23-13/h3-4,9,11-12H,5-8,10H2,1-2H3,(H,17,19). The van der Waals surface area contributed by atoms with Gasteiger partial charge < -0.3 is 15.0 Å². The molecule has 0 radical (unpaired) electrons. The average molecular weight is 338 g/mol. The number of piperidine rings is 1. The third kappa shape index (κ3) is 5.06. The van der Waals surface area contributed by atoms with Crippen molar-refractivity contribution in [2.45, 2.75) is 32.7 Å². The normalized spacial score (nSPS) is 15.5. The Hall–Kier alpha value is -1.89. The van der Waals surface area contributed by atoms with E-state index < -0.39 is 0 Å². The Bertz CT molecular complexity index is 548. The summed E-state index contributed by atoms with van der Waals surface area (Å²) in [6.07, 6.45) is 1.14. The van der Waals surface area contributed by atoms with Crippen LogP contribution in [0.4, 0.5) is 0 Å². The maximum absolute atomic E-state index is 12.2. The summed E-state index contributed by atoms with van der Waals surface area (Å²) in [4.78, 5) is 38.2. The van der Waals surface area contributed by atoms with Crippen molar-refractivity contribution >= 4 is 29.1 Å². The van der Waals surface area contributed by atoms with Gasteiger partial charge in [-0.25, -0.2) is 0 Å². The van der Waals surface area contributed by atoms with Crippen molar-refractivity contribution in [2.75, 3.05) is 19.7 Å². The van der Waals surface area contributed by atoms with Crippen LogP contribution >= 0.6 is 11.3 Å². The minimum atomic E-state index is -0.355. The minimum Gasteiger partial charge on any atom is -0.455 e. The van der Waals surface area contributed by atoms with Crippen molar-refractivity contribution in [1.29, 1.82) is 0 Å². The summed E-state index contributed by atoms with van der Waals surface area (Å²) < 4.78 is 5.06. The fourth-order valence-electron chi connectivity index (χ4n) is 2.49. The molecule has 2 heterocycles. The Labute approximate surface area is 139 Å². The van der Waals surface area contributed by atoms with Crippen LogP contribution in [-0.4, -0.2) is 48.4 Å². The van der Waals surface area contributed by atoms with Gasteiger partial charge in [0.2, 0.25) is 0 Å². The third-order valence-corrected chi connectivity index (χ3v) is 4.50. The number of likely N-dealkylation sites (tertiary alicyclic amines) is 1. The highest BCUT2D eigenvalue weighted by Gasteiger charge is 2.29. The fraction of sp³-hybridized carbons (Fsp3) is 0.562. The Morgan fingerprint density at radius 1 is 1.35 bits per heavy atom. The highest BCUT2D eigenvalue weighted by atomic mass is 32.1. The second-order valence-electron chi connectivity index (χ2n) is 5.87. The molecule has 7 heteroatoms. The molecule has 2 rings (SSSR count). The van der Waals surface area contributed by atoms with Gasteiger partial charge in [-0.3, -0.25) is 14.4 Å². The number of nitrogens with one attached hydrogen (secondary N) is 1. The van der Waals surface area contributed by atoms with Gasteiger partial charge in [0.1, 0.15) is 0 Å². The maximum Gasteiger partial charge on any atom is 0.309 e. The smallest absolute Gasteiger partial charge is 0.309 e. The Balaban J connectivity index is 1.74. The van der Waals surface area contributed by atoms with Gasteiger partial charge >= 0.3 is 5.97 Å². The number of esters is 1. The predicted molar refractivity (Wildman–Crippen MR) is 87.2 cm³/mol. The lowest BCUT2D eigenvalue weighted by molar-refractivity contribution is -0.154. The zero-order valence-corrected chi connectivity index (χ0v) is 14.2. The molecule has 1 aromatic heterocycles. The van der Waals surface area contributed by atoms with E-state index in [-0.39, 0.29) is 36.4 Å². The van der Waals surface area contributed by atoms with Crippen LogP contribution in [0.2, 0.25) is 0 Å². The van der Waals surface area contributed by atoms with Gasteiger partial charge in [-0.2, -0.15) is 0 Å². The van der Waals surface area contributed by atoms with Crippen LogP contribution in [-0.2, 0) is 14.3 Å². The quantitative estimate of drug-likeness (QED) is 0.829. The lowest BCUT2D eigenvalue weighted by Gasteiger charge is -2.30. The number of hydrogen-bond acceptors (Lipinski definition) is 5. The van der Waals surface area contributed by atoms with E-state index in [0.717, 1.165) is 4.88 Å². The molecule has 1 saturated heterocycles. The molecule has 23 heavy (non-hydrogen) atoms. The van der Waals surface area contributed by atoms with Gasteiger partial charge in [0.15, 0.2) is 6.61 Å². The van der Waals surface area contributed by atoms with Gasteiger partial charge in [0, 0.05) is 19.1 Å². The summed E-state index contributed by atoms with van der Waals surface area (Å²) in [5, 5.41) is 4.55. The van der Waals surface area contributed by atoms with Crippen molar-refractivity contribution in [1.82, 2.24) is 10.2 Å². The van der Waals surface area contributed by atoms with Gasteiger partial charge in [-0.05, 0) is 38.1 Å². The number of ether oxygens (including phenoxy) is 1. The first kappa shape index (κ1) is 17.5. The van der Waals surface area contributed by atoms with E-state index in [1.54, 1.807) is 11.0 Å². The van der Waals surface area contributed by atoms with Crippen LogP contribution in [0.1, 0.15) is 36.4 Å². The molecule has 1 N–H and O–H groups in total. The first-order chi connectivity index (χ1) is 11.0. The lowest BCUT2D eigenvalue weighted by atomic mass is 9.97. The second kappa shape index (κ2) is 8.10. The molecule has 0 aromatic carbocycles. The third-order valence-electron chi connectivity index (χ3n) is 3.64. The van der Waals surface area contributed by atoms with Crippen molar-refractivity contribution < 1.29 is 19.1 Å². The molecule has 0 unspecified atom stereocenters. The average Bonchev–Trinajstić information content (AvgIpc) is 3.06.